The Morgan fingerprint density at radius 2 is 2.07 bits per heavy atom. The van der Waals surface area contributed by atoms with Crippen LogP contribution in [0.2, 0.25) is 0 Å². The standard InChI is InChI=1S/C22H26F2N4O2/c1-27(2)12-16(11-25)22(29)19-8-15-9-20(30-13-21(23)24)17(10-18(15)26-19)14-4-6-28(3)7-5-14/h8-10,12,14,21,26H,4-7,13H2,1-3H3/b16-12+. The number of ether oxygens (including phenoxy) is 1. The molecule has 2 heterocycles. The van der Waals surface area contributed by atoms with E-state index >= 15 is 0 Å². The van der Waals surface area contributed by atoms with E-state index < -0.39 is 18.8 Å². The lowest BCUT2D eigenvalue weighted by Gasteiger charge is -2.30. The van der Waals surface area contributed by atoms with Crippen LogP contribution in [0.3, 0.4) is 0 Å². The molecule has 8 heteroatoms. The second-order valence-electron chi connectivity index (χ2n) is 7.89. The summed E-state index contributed by atoms with van der Waals surface area (Å²) in [6, 6.07) is 7.16. The third-order valence-electron chi connectivity index (χ3n) is 5.27. The molecule has 0 aliphatic carbocycles. The van der Waals surface area contributed by atoms with Gasteiger partial charge < -0.3 is 19.5 Å². The number of allylic oxidation sites excluding steroid dienone is 1. The predicted octanol–water partition coefficient (Wildman–Crippen LogP) is 3.77. The second kappa shape index (κ2) is 9.26. The molecule has 1 aliphatic heterocycles. The van der Waals surface area contributed by atoms with Gasteiger partial charge in [-0.05, 0) is 62.7 Å². The van der Waals surface area contributed by atoms with Crippen molar-refractivity contribution >= 4 is 16.7 Å². The summed E-state index contributed by atoms with van der Waals surface area (Å²) in [7, 11) is 5.52. The maximum Gasteiger partial charge on any atom is 0.272 e. The molecular formula is C22H26F2N4O2. The minimum Gasteiger partial charge on any atom is -0.487 e. The molecule has 160 valence electrons. The third-order valence-corrected chi connectivity index (χ3v) is 5.27. The van der Waals surface area contributed by atoms with Crippen molar-refractivity contribution in [3.05, 3.63) is 41.2 Å². The van der Waals surface area contributed by atoms with E-state index in [1.165, 1.54) is 6.20 Å². The Kier molecular flexibility index (Phi) is 6.73. The van der Waals surface area contributed by atoms with Crippen LogP contribution in [0, 0.1) is 11.3 Å². The molecule has 3 rings (SSSR count). The summed E-state index contributed by atoms with van der Waals surface area (Å²) in [4.78, 5) is 19.7. The van der Waals surface area contributed by atoms with Gasteiger partial charge in [0, 0.05) is 31.2 Å². The molecule has 0 radical (unpaired) electrons. The number of nitrogens with one attached hydrogen (secondary N) is 1. The number of H-pyrrole nitrogens is 1. The van der Waals surface area contributed by atoms with Crippen molar-refractivity contribution in [2.45, 2.75) is 25.2 Å². The van der Waals surface area contributed by atoms with Crippen LogP contribution in [-0.4, -0.2) is 67.8 Å². The van der Waals surface area contributed by atoms with Crippen molar-refractivity contribution in [3.63, 3.8) is 0 Å². The lowest BCUT2D eigenvalue weighted by atomic mass is 9.88. The molecule has 6 nitrogen and oxygen atoms in total. The van der Waals surface area contributed by atoms with Crippen LogP contribution in [-0.2, 0) is 0 Å². The molecule has 1 aliphatic rings. The number of nitrogens with zero attached hydrogens (tertiary/aromatic N) is 3. The smallest absolute Gasteiger partial charge is 0.272 e. The van der Waals surface area contributed by atoms with Gasteiger partial charge in [-0.25, -0.2) is 8.78 Å². The number of Topliss-reactive ketones (excluding diaryl/α,β-unsaturated/α-hetero) is 1. The topological polar surface area (TPSA) is 72.4 Å². The molecule has 0 atom stereocenters. The number of hydrogen-bond acceptors (Lipinski definition) is 5. The fourth-order valence-corrected chi connectivity index (χ4v) is 3.76. The number of halogens is 2. The van der Waals surface area contributed by atoms with Gasteiger partial charge in [-0.2, -0.15) is 5.26 Å². The van der Waals surface area contributed by atoms with Gasteiger partial charge in [-0.1, -0.05) is 0 Å². The van der Waals surface area contributed by atoms with Gasteiger partial charge in [0.1, 0.15) is 24.0 Å². The zero-order valence-electron chi connectivity index (χ0n) is 17.4. The number of benzene rings is 1. The van der Waals surface area contributed by atoms with Crippen molar-refractivity contribution in [3.8, 4) is 11.8 Å². The highest BCUT2D eigenvalue weighted by atomic mass is 19.3. The predicted molar refractivity (Wildman–Crippen MR) is 111 cm³/mol. The van der Waals surface area contributed by atoms with E-state index in [9.17, 15) is 18.8 Å². The van der Waals surface area contributed by atoms with Crippen molar-refractivity contribution in [1.82, 2.24) is 14.8 Å². The van der Waals surface area contributed by atoms with E-state index in [2.05, 4.69) is 16.9 Å². The number of nitriles is 1. The van der Waals surface area contributed by atoms with Crippen molar-refractivity contribution in [1.29, 1.82) is 5.26 Å². The highest BCUT2D eigenvalue weighted by molar-refractivity contribution is 6.12. The number of carbonyl (C=O) groups is 1. The van der Waals surface area contributed by atoms with Gasteiger partial charge in [0.2, 0.25) is 5.78 Å². The minimum absolute atomic E-state index is 0.0104. The maximum atomic E-state index is 12.8. The molecule has 0 spiro atoms. The fourth-order valence-electron chi connectivity index (χ4n) is 3.76. The lowest BCUT2D eigenvalue weighted by Crippen LogP contribution is -2.29. The molecule has 0 bridgehead atoms. The molecule has 1 N–H and O–H groups in total. The zero-order valence-corrected chi connectivity index (χ0v) is 17.4. The highest BCUT2D eigenvalue weighted by Gasteiger charge is 2.24. The summed E-state index contributed by atoms with van der Waals surface area (Å²) >= 11 is 0. The summed E-state index contributed by atoms with van der Waals surface area (Å²) < 4.78 is 31.0. The molecule has 2 aromatic rings. The number of alkyl halides is 2. The molecule has 30 heavy (non-hydrogen) atoms. The first-order valence-corrected chi connectivity index (χ1v) is 9.87. The van der Waals surface area contributed by atoms with Gasteiger partial charge in [-0.3, -0.25) is 4.79 Å². The fraction of sp³-hybridized carbons (Fsp3) is 0.455. The summed E-state index contributed by atoms with van der Waals surface area (Å²) in [6.07, 6.45) is 0.714. The Labute approximate surface area is 174 Å². The van der Waals surface area contributed by atoms with E-state index in [0.29, 0.717) is 11.1 Å². The van der Waals surface area contributed by atoms with E-state index in [1.807, 2.05) is 12.1 Å². The first-order chi connectivity index (χ1) is 14.3. The van der Waals surface area contributed by atoms with E-state index in [1.54, 1.807) is 31.1 Å². The highest BCUT2D eigenvalue weighted by Crippen LogP contribution is 2.37. The summed E-state index contributed by atoms with van der Waals surface area (Å²) in [6.45, 7) is 1.17. The molecule has 1 fully saturated rings. The quantitative estimate of drug-likeness (QED) is 0.423. The average Bonchev–Trinajstić information content (AvgIpc) is 3.12. The normalized spacial score (nSPS) is 16.1. The van der Waals surface area contributed by atoms with Gasteiger partial charge in [0.25, 0.3) is 6.43 Å². The van der Waals surface area contributed by atoms with Crippen LogP contribution in [0.1, 0.15) is 34.8 Å². The molecule has 0 saturated carbocycles. The van der Waals surface area contributed by atoms with Crippen LogP contribution >= 0.6 is 0 Å². The van der Waals surface area contributed by atoms with E-state index in [0.717, 1.165) is 37.0 Å². The van der Waals surface area contributed by atoms with Gasteiger partial charge in [-0.15, -0.1) is 0 Å². The minimum atomic E-state index is -2.57. The first kappa shape index (κ1) is 21.8. The van der Waals surface area contributed by atoms with Crippen LogP contribution in [0.15, 0.2) is 30.0 Å². The molecule has 0 amide bonds. The van der Waals surface area contributed by atoms with Crippen molar-refractivity contribution < 1.29 is 18.3 Å². The van der Waals surface area contributed by atoms with Gasteiger partial charge >= 0.3 is 0 Å². The summed E-state index contributed by atoms with van der Waals surface area (Å²) in [5.74, 6) is 0.210. The molecular weight excluding hydrogens is 390 g/mol. The zero-order chi connectivity index (χ0) is 21.8. The number of aromatic nitrogens is 1. The van der Waals surface area contributed by atoms with Crippen LogP contribution in [0.4, 0.5) is 8.78 Å². The number of rotatable bonds is 7. The third kappa shape index (κ3) is 4.97. The number of hydrogen-bond donors (Lipinski definition) is 1. The Hall–Kier alpha value is -2.92. The van der Waals surface area contributed by atoms with Gasteiger partial charge in [0.05, 0.1) is 5.69 Å². The molecule has 1 aromatic carbocycles. The number of likely N-dealkylation sites (tertiary alicyclic amines) is 1. The van der Waals surface area contributed by atoms with Crippen LogP contribution < -0.4 is 4.74 Å². The largest absolute Gasteiger partial charge is 0.487 e. The number of carbonyl (C=O) groups excluding carboxylic acids is 1. The Bertz CT molecular complexity index is 983. The second-order valence-corrected chi connectivity index (χ2v) is 7.89. The lowest BCUT2D eigenvalue weighted by molar-refractivity contribution is 0.0810. The van der Waals surface area contributed by atoms with Gasteiger partial charge in [0.15, 0.2) is 0 Å². The molecule has 0 unspecified atom stereocenters. The number of aromatic amines is 1. The van der Waals surface area contributed by atoms with E-state index in [-0.39, 0.29) is 17.2 Å². The molecule has 1 saturated heterocycles. The Morgan fingerprint density at radius 3 is 2.67 bits per heavy atom. The van der Waals surface area contributed by atoms with E-state index in [4.69, 9.17) is 4.74 Å². The SMILES string of the molecule is CN(C)/C=C(\C#N)C(=O)c1cc2cc(OCC(F)F)c(C3CCN(C)CC3)cc2[nH]1. The maximum absolute atomic E-state index is 12.8. The average molecular weight is 416 g/mol. The monoisotopic (exact) mass is 416 g/mol. The molecule has 1 aromatic heterocycles. The Morgan fingerprint density at radius 1 is 1.37 bits per heavy atom. The first-order valence-electron chi connectivity index (χ1n) is 9.87. The number of ketones is 1. The number of fused-ring (bicyclic) bond motifs is 1. The summed E-state index contributed by atoms with van der Waals surface area (Å²) in [5, 5.41) is 9.99. The van der Waals surface area contributed by atoms with Crippen molar-refractivity contribution in [2.75, 3.05) is 40.8 Å². The number of piperidine rings is 1. The Balaban J connectivity index is 2.00. The summed E-state index contributed by atoms with van der Waals surface area (Å²) in [5.41, 5.74) is 1.89. The van der Waals surface area contributed by atoms with Crippen molar-refractivity contribution in [2.24, 2.45) is 0 Å². The van der Waals surface area contributed by atoms with Crippen LogP contribution in [0.25, 0.3) is 10.9 Å². The van der Waals surface area contributed by atoms with Crippen LogP contribution in [0.5, 0.6) is 5.75 Å².